The molecule has 1 aliphatic rings. The van der Waals surface area contributed by atoms with Crippen LogP contribution in [-0.2, 0) is 4.79 Å². The minimum absolute atomic E-state index is 0.150. The van der Waals surface area contributed by atoms with Crippen LogP contribution in [0.5, 0.6) is 0 Å². The lowest BCUT2D eigenvalue weighted by atomic mass is 9.86. The highest BCUT2D eigenvalue weighted by Gasteiger charge is 2.26. The second-order valence-corrected chi connectivity index (χ2v) is 4.48. The Labute approximate surface area is 86.6 Å². The summed E-state index contributed by atoms with van der Waals surface area (Å²) in [5.41, 5.74) is 5.46. The molecule has 0 aromatic carbocycles. The highest BCUT2D eigenvalue weighted by molar-refractivity contribution is 5.83. The molecular formula is C11H22N2O. The summed E-state index contributed by atoms with van der Waals surface area (Å²) in [6.45, 7) is 4.70. The molecule has 2 atom stereocenters. The first-order valence-corrected chi connectivity index (χ1v) is 5.57. The van der Waals surface area contributed by atoms with Gasteiger partial charge in [0.15, 0.2) is 0 Å². The van der Waals surface area contributed by atoms with Crippen molar-refractivity contribution < 1.29 is 4.79 Å². The summed E-state index contributed by atoms with van der Waals surface area (Å²) in [5, 5.41) is 0. The number of likely N-dealkylation sites (tertiary alicyclic amines) is 1. The minimum atomic E-state index is 0.150. The van der Waals surface area contributed by atoms with E-state index in [9.17, 15) is 4.79 Å². The monoisotopic (exact) mass is 198 g/mol. The van der Waals surface area contributed by atoms with Crippen molar-refractivity contribution in [3.05, 3.63) is 0 Å². The highest BCUT2D eigenvalue weighted by atomic mass is 16.1. The van der Waals surface area contributed by atoms with Gasteiger partial charge in [-0.25, -0.2) is 0 Å². The molecule has 1 aliphatic heterocycles. The fourth-order valence-corrected chi connectivity index (χ4v) is 2.19. The van der Waals surface area contributed by atoms with Crippen molar-refractivity contribution in [1.82, 2.24) is 4.90 Å². The third-order valence-corrected chi connectivity index (χ3v) is 3.11. The Bertz CT molecular complexity index is 194. The van der Waals surface area contributed by atoms with Crippen molar-refractivity contribution in [2.45, 2.75) is 26.2 Å². The lowest BCUT2D eigenvalue weighted by molar-refractivity contribution is -0.128. The van der Waals surface area contributed by atoms with Crippen LogP contribution in [0.2, 0.25) is 0 Å². The Morgan fingerprint density at radius 1 is 1.64 bits per heavy atom. The van der Waals surface area contributed by atoms with Gasteiger partial charge in [-0.15, -0.1) is 0 Å². The van der Waals surface area contributed by atoms with Gasteiger partial charge < -0.3 is 10.6 Å². The molecular weight excluding hydrogens is 176 g/mol. The van der Waals surface area contributed by atoms with E-state index in [1.54, 1.807) is 0 Å². The number of hydrogen-bond acceptors (Lipinski definition) is 3. The van der Waals surface area contributed by atoms with Gasteiger partial charge >= 0.3 is 0 Å². The Morgan fingerprint density at radius 2 is 2.36 bits per heavy atom. The van der Waals surface area contributed by atoms with Crippen LogP contribution in [0, 0.1) is 11.8 Å². The molecule has 2 N–H and O–H groups in total. The normalized spacial score (nSPS) is 26.1. The van der Waals surface area contributed by atoms with Gasteiger partial charge in [-0.2, -0.15) is 0 Å². The number of hydrogen-bond donors (Lipinski definition) is 1. The van der Waals surface area contributed by atoms with Gasteiger partial charge in [-0.05, 0) is 39.4 Å². The molecule has 0 saturated carbocycles. The van der Waals surface area contributed by atoms with E-state index in [2.05, 4.69) is 11.9 Å². The smallest absolute Gasteiger partial charge is 0.140 e. The molecule has 1 fully saturated rings. The number of carbonyl (C=O) groups excluding carboxylic acids is 1. The van der Waals surface area contributed by atoms with Crippen molar-refractivity contribution in [3.8, 4) is 0 Å². The zero-order valence-corrected chi connectivity index (χ0v) is 9.33. The van der Waals surface area contributed by atoms with Gasteiger partial charge in [0.2, 0.25) is 0 Å². The quantitative estimate of drug-likeness (QED) is 0.729. The molecule has 0 amide bonds. The Hall–Kier alpha value is -0.410. The lowest BCUT2D eigenvalue weighted by Crippen LogP contribution is -2.38. The first-order valence-electron chi connectivity index (χ1n) is 5.57. The fourth-order valence-electron chi connectivity index (χ4n) is 2.19. The molecule has 82 valence electrons. The van der Waals surface area contributed by atoms with Crippen LogP contribution in [0.4, 0.5) is 0 Å². The topological polar surface area (TPSA) is 46.3 Å². The van der Waals surface area contributed by atoms with E-state index in [1.165, 1.54) is 0 Å². The molecule has 0 bridgehead atoms. The summed E-state index contributed by atoms with van der Waals surface area (Å²) in [5.74, 6) is 0.828. The van der Waals surface area contributed by atoms with Crippen molar-refractivity contribution in [2.24, 2.45) is 17.6 Å². The highest BCUT2D eigenvalue weighted by Crippen LogP contribution is 2.20. The fraction of sp³-hybridized carbons (Fsp3) is 0.909. The van der Waals surface area contributed by atoms with E-state index >= 15 is 0 Å². The number of ketones is 1. The molecule has 0 spiro atoms. The summed E-state index contributed by atoms with van der Waals surface area (Å²) in [6, 6.07) is 0. The molecule has 3 heteroatoms. The molecule has 1 saturated heterocycles. The van der Waals surface area contributed by atoms with E-state index in [0.717, 1.165) is 32.4 Å². The Kier molecular flexibility index (Phi) is 4.55. The third kappa shape index (κ3) is 3.07. The molecule has 0 aromatic rings. The zero-order valence-electron chi connectivity index (χ0n) is 9.33. The lowest BCUT2D eigenvalue weighted by Gasteiger charge is -2.30. The predicted molar refractivity (Wildman–Crippen MR) is 58.1 cm³/mol. The van der Waals surface area contributed by atoms with E-state index in [-0.39, 0.29) is 11.8 Å². The van der Waals surface area contributed by atoms with Crippen LogP contribution in [-0.4, -0.2) is 37.4 Å². The van der Waals surface area contributed by atoms with Crippen LogP contribution in [0.3, 0.4) is 0 Å². The molecule has 0 radical (unpaired) electrons. The van der Waals surface area contributed by atoms with Crippen molar-refractivity contribution in [3.63, 3.8) is 0 Å². The van der Waals surface area contributed by atoms with E-state index in [0.29, 0.717) is 12.3 Å². The van der Waals surface area contributed by atoms with E-state index in [1.807, 2.05) is 6.92 Å². The number of rotatable bonds is 4. The predicted octanol–water partition coefficient (Wildman–Crippen LogP) is 0.882. The number of piperidine rings is 1. The second-order valence-electron chi connectivity index (χ2n) is 4.48. The molecule has 2 unspecified atom stereocenters. The Morgan fingerprint density at radius 3 is 2.93 bits per heavy atom. The van der Waals surface area contributed by atoms with E-state index in [4.69, 9.17) is 5.73 Å². The maximum Gasteiger partial charge on any atom is 0.140 e. The van der Waals surface area contributed by atoms with Gasteiger partial charge in [-0.3, -0.25) is 4.79 Å². The van der Waals surface area contributed by atoms with E-state index < -0.39 is 0 Å². The molecule has 3 nitrogen and oxygen atoms in total. The van der Waals surface area contributed by atoms with Crippen molar-refractivity contribution in [2.75, 3.05) is 26.7 Å². The van der Waals surface area contributed by atoms with Crippen LogP contribution in [0.25, 0.3) is 0 Å². The van der Waals surface area contributed by atoms with Crippen LogP contribution in [0.15, 0.2) is 0 Å². The number of nitrogens with two attached hydrogens (primary N) is 1. The minimum Gasteiger partial charge on any atom is -0.330 e. The standard InChI is InChI=1S/C11H22N2O/c1-9(5-6-12)11(14)10-4-3-7-13(2)8-10/h9-10H,3-8,12H2,1-2H3. The van der Waals surface area contributed by atoms with Gasteiger partial charge in [-0.1, -0.05) is 6.92 Å². The van der Waals surface area contributed by atoms with Crippen LogP contribution < -0.4 is 5.73 Å². The zero-order chi connectivity index (χ0) is 10.6. The molecule has 14 heavy (non-hydrogen) atoms. The maximum atomic E-state index is 12.0. The van der Waals surface area contributed by atoms with Crippen molar-refractivity contribution in [1.29, 1.82) is 0 Å². The van der Waals surface area contributed by atoms with Gasteiger partial charge in [0.25, 0.3) is 0 Å². The van der Waals surface area contributed by atoms with Crippen LogP contribution >= 0.6 is 0 Å². The second kappa shape index (κ2) is 5.47. The van der Waals surface area contributed by atoms with Gasteiger partial charge in [0, 0.05) is 18.4 Å². The number of carbonyl (C=O) groups is 1. The molecule has 0 aromatic heterocycles. The maximum absolute atomic E-state index is 12.0. The van der Waals surface area contributed by atoms with Gasteiger partial charge in [0.1, 0.15) is 5.78 Å². The summed E-state index contributed by atoms with van der Waals surface area (Å²) in [6.07, 6.45) is 3.05. The van der Waals surface area contributed by atoms with Gasteiger partial charge in [0.05, 0.1) is 0 Å². The summed E-state index contributed by atoms with van der Waals surface area (Å²) >= 11 is 0. The average Bonchev–Trinajstić information content (AvgIpc) is 2.17. The Balaban J connectivity index is 2.42. The number of nitrogens with zero attached hydrogens (tertiary/aromatic N) is 1. The largest absolute Gasteiger partial charge is 0.330 e. The average molecular weight is 198 g/mol. The van der Waals surface area contributed by atoms with Crippen LogP contribution in [0.1, 0.15) is 26.2 Å². The third-order valence-electron chi connectivity index (χ3n) is 3.11. The summed E-state index contributed by atoms with van der Waals surface area (Å²) in [4.78, 5) is 14.2. The number of Topliss-reactive ketones (excluding diaryl/α,β-unsaturated/α-hetero) is 1. The first-order chi connectivity index (χ1) is 6.65. The first kappa shape index (κ1) is 11.7. The van der Waals surface area contributed by atoms with Crippen molar-refractivity contribution >= 4 is 5.78 Å². The summed E-state index contributed by atoms with van der Waals surface area (Å²) in [7, 11) is 2.09. The summed E-state index contributed by atoms with van der Waals surface area (Å²) < 4.78 is 0. The molecule has 1 heterocycles. The molecule has 1 rings (SSSR count). The SMILES string of the molecule is CC(CCN)C(=O)C1CCCN(C)C1. The molecule has 0 aliphatic carbocycles.